The van der Waals surface area contributed by atoms with Gasteiger partial charge in [-0.25, -0.2) is 9.98 Å². The fourth-order valence-electron chi connectivity index (χ4n) is 1.71. The van der Waals surface area contributed by atoms with E-state index in [0.717, 1.165) is 12.5 Å². The summed E-state index contributed by atoms with van der Waals surface area (Å²) in [4.78, 5) is 11.9. The van der Waals surface area contributed by atoms with Gasteiger partial charge in [0.2, 0.25) is 5.96 Å². The first-order valence-electron chi connectivity index (χ1n) is 5.48. The molecule has 1 atom stereocenters. The Morgan fingerprint density at radius 1 is 1.53 bits per heavy atom. The number of hydrogen-bond acceptors (Lipinski definition) is 6. The Kier molecular flexibility index (Phi) is 3.33. The summed E-state index contributed by atoms with van der Waals surface area (Å²) in [5.41, 5.74) is 6.97. The topological polar surface area (TPSA) is 66.0 Å². The molecule has 1 aromatic heterocycles. The van der Waals surface area contributed by atoms with Crippen molar-refractivity contribution in [3.63, 3.8) is 0 Å². The molecule has 0 saturated heterocycles. The highest BCUT2D eigenvalue weighted by Crippen LogP contribution is 2.14. The number of aliphatic imine (C=N–C) groups is 2. The van der Waals surface area contributed by atoms with Gasteiger partial charge < -0.3 is 10.6 Å². The largest absolute Gasteiger partial charge is 0.370 e. The van der Waals surface area contributed by atoms with Gasteiger partial charge in [0.15, 0.2) is 5.96 Å². The molecule has 92 valence electrons. The molecular weight excluding hydrogens is 234 g/mol. The van der Waals surface area contributed by atoms with Crippen molar-refractivity contribution in [2.45, 2.75) is 26.6 Å². The zero-order valence-electron chi connectivity index (χ0n) is 10.3. The Morgan fingerprint density at radius 2 is 2.29 bits per heavy atom. The van der Waals surface area contributed by atoms with Gasteiger partial charge in [0, 0.05) is 18.5 Å². The second-order valence-corrected chi connectivity index (χ2v) is 5.26. The molecule has 17 heavy (non-hydrogen) atoms. The third-order valence-electron chi connectivity index (χ3n) is 2.44. The van der Waals surface area contributed by atoms with Gasteiger partial charge in [-0.1, -0.05) is 0 Å². The molecule has 1 aliphatic heterocycles. The van der Waals surface area contributed by atoms with Crippen LogP contribution in [0.4, 0.5) is 0 Å². The summed E-state index contributed by atoms with van der Waals surface area (Å²) in [6.45, 7) is 4.84. The van der Waals surface area contributed by atoms with Gasteiger partial charge in [0.1, 0.15) is 6.17 Å². The van der Waals surface area contributed by atoms with Crippen LogP contribution in [0.5, 0.6) is 0 Å². The molecule has 6 heteroatoms. The minimum atomic E-state index is -0.113. The SMILES string of the molecule is Cc1cc(CN(C)C2=NC(C)N=C(N)N2)cs1. The molecule has 2 heterocycles. The Morgan fingerprint density at radius 3 is 2.88 bits per heavy atom. The molecule has 1 aromatic rings. The average Bonchev–Trinajstić information content (AvgIpc) is 2.62. The van der Waals surface area contributed by atoms with E-state index in [0.29, 0.717) is 5.96 Å². The van der Waals surface area contributed by atoms with Gasteiger partial charge in [0.25, 0.3) is 0 Å². The predicted octanol–water partition coefficient (Wildman–Crippen LogP) is 1.11. The molecule has 0 radical (unpaired) electrons. The number of nitrogens with one attached hydrogen (secondary N) is 1. The lowest BCUT2D eigenvalue weighted by Crippen LogP contribution is -2.48. The van der Waals surface area contributed by atoms with Crippen molar-refractivity contribution in [2.24, 2.45) is 15.7 Å². The lowest BCUT2D eigenvalue weighted by atomic mass is 10.3. The van der Waals surface area contributed by atoms with Crippen LogP contribution in [0.25, 0.3) is 0 Å². The van der Waals surface area contributed by atoms with Gasteiger partial charge in [-0.2, -0.15) is 0 Å². The van der Waals surface area contributed by atoms with Crippen LogP contribution in [0.2, 0.25) is 0 Å². The molecule has 0 spiro atoms. The van der Waals surface area contributed by atoms with Gasteiger partial charge in [-0.3, -0.25) is 5.32 Å². The monoisotopic (exact) mass is 251 g/mol. The molecule has 0 aromatic carbocycles. The molecule has 0 bridgehead atoms. The van der Waals surface area contributed by atoms with Crippen molar-refractivity contribution in [1.82, 2.24) is 10.2 Å². The quantitative estimate of drug-likeness (QED) is 0.827. The first kappa shape index (κ1) is 11.9. The maximum Gasteiger partial charge on any atom is 0.202 e. The summed E-state index contributed by atoms with van der Waals surface area (Å²) < 4.78 is 0. The van der Waals surface area contributed by atoms with Crippen LogP contribution in [0.1, 0.15) is 17.4 Å². The third-order valence-corrected chi connectivity index (χ3v) is 3.35. The van der Waals surface area contributed by atoms with E-state index in [4.69, 9.17) is 5.73 Å². The zero-order valence-corrected chi connectivity index (χ0v) is 11.1. The lowest BCUT2D eigenvalue weighted by molar-refractivity contribution is 0.479. The smallest absolute Gasteiger partial charge is 0.202 e. The lowest BCUT2D eigenvalue weighted by Gasteiger charge is -2.25. The van der Waals surface area contributed by atoms with Crippen LogP contribution in [-0.2, 0) is 6.54 Å². The second kappa shape index (κ2) is 4.75. The van der Waals surface area contributed by atoms with Gasteiger partial charge >= 0.3 is 0 Å². The van der Waals surface area contributed by atoms with E-state index in [1.807, 2.05) is 18.9 Å². The van der Waals surface area contributed by atoms with Gasteiger partial charge in [0.05, 0.1) is 0 Å². The Labute approximate surface area is 105 Å². The molecule has 0 aliphatic carbocycles. The highest BCUT2D eigenvalue weighted by molar-refractivity contribution is 7.10. The van der Waals surface area contributed by atoms with Crippen LogP contribution in [0.15, 0.2) is 21.4 Å². The van der Waals surface area contributed by atoms with Crippen molar-refractivity contribution in [2.75, 3.05) is 7.05 Å². The normalized spacial score (nSPS) is 19.4. The number of nitrogens with two attached hydrogens (primary N) is 1. The summed E-state index contributed by atoms with van der Waals surface area (Å²) in [6, 6.07) is 2.19. The zero-order chi connectivity index (χ0) is 12.4. The fourth-order valence-corrected chi connectivity index (χ4v) is 2.41. The van der Waals surface area contributed by atoms with Crippen molar-refractivity contribution in [3.05, 3.63) is 21.9 Å². The number of nitrogens with zero attached hydrogens (tertiary/aromatic N) is 3. The third kappa shape index (κ3) is 2.97. The first-order chi connectivity index (χ1) is 8.04. The molecule has 1 aliphatic rings. The fraction of sp³-hybridized carbons (Fsp3) is 0.455. The highest BCUT2D eigenvalue weighted by Gasteiger charge is 2.14. The molecule has 5 nitrogen and oxygen atoms in total. The summed E-state index contributed by atoms with van der Waals surface area (Å²) in [5, 5.41) is 5.14. The van der Waals surface area contributed by atoms with E-state index >= 15 is 0 Å². The van der Waals surface area contributed by atoms with Crippen molar-refractivity contribution < 1.29 is 0 Å². The van der Waals surface area contributed by atoms with E-state index in [2.05, 4.69) is 33.7 Å². The molecular formula is C11H17N5S. The van der Waals surface area contributed by atoms with E-state index in [9.17, 15) is 0 Å². The van der Waals surface area contributed by atoms with Crippen LogP contribution in [0.3, 0.4) is 0 Å². The van der Waals surface area contributed by atoms with Crippen LogP contribution in [0, 0.1) is 6.92 Å². The maximum absolute atomic E-state index is 5.68. The van der Waals surface area contributed by atoms with E-state index < -0.39 is 0 Å². The highest BCUT2D eigenvalue weighted by atomic mass is 32.1. The van der Waals surface area contributed by atoms with Crippen LogP contribution >= 0.6 is 11.3 Å². The molecule has 0 fully saturated rings. The van der Waals surface area contributed by atoms with E-state index in [1.54, 1.807) is 11.3 Å². The second-order valence-electron chi connectivity index (χ2n) is 4.15. The summed E-state index contributed by atoms with van der Waals surface area (Å²) >= 11 is 1.76. The summed E-state index contributed by atoms with van der Waals surface area (Å²) in [6.07, 6.45) is -0.113. The van der Waals surface area contributed by atoms with Gasteiger partial charge in [-0.05, 0) is 30.9 Å². The summed E-state index contributed by atoms with van der Waals surface area (Å²) in [5.74, 6) is 1.20. The summed E-state index contributed by atoms with van der Waals surface area (Å²) in [7, 11) is 1.99. The minimum Gasteiger partial charge on any atom is -0.370 e. The molecule has 3 N–H and O–H groups in total. The van der Waals surface area contributed by atoms with Crippen LogP contribution < -0.4 is 11.1 Å². The molecule has 1 unspecified atom stereocenters. The van der Waals surface area contributed by atoms with E-state index in [1.165, 1.54) is 10.4 Å². The van der Waals surface area contributed by atoms with Crippen molar-refractivity contribution in [3.8, 4) is 0 Å². The maximum atomic E-state index is 5.68. The Balaban J connectivity index is 2.03. The molecule has 2 rings (SSSR count). The number of thiophene rings is 1. The number of hydrogen-bond donors (Lipinski definition) is 2. The van der Waals surface area contributed by atoms with Crippen molar-refractivity contribution in [1.29, 1.82) is 0 Å². The number of rotatable bonds is 2. The molecule has 0 saturated carbocycles. The number of aryl methyl sites for hydroxylation is 1. The first-order valence-corrected chi connectivity index (χ1v) is 6.36. The van der Waals surface area contributed by atoms with Crippen molar-refractivity contribution >= 4 is 23.3 Å². The van der Waals surface area contributed by atoms with Crippen LogP contribution in [-0.4, -0.2) is 30.0 Å². The minimum absolute atomic E-state index is 0.113. The standard InChI is InChI=1S/C11H17N5S/c1-7-4-9(6-17-7)5-16(3)11-14-8(2)13-10(12)15-11/h4,6,8H,5H2,1-3H3,(H3,12,13,14,15). The van der Waals surface area contributed by atoms with E-state index in [-0.39, 0.29) is 6.17 Å². The molecule has 0 amide bonds. The predicted molar refractivity (Wildman–Crippen MR) is 72.2 cm³/mol. The number of guanidine groups is 2. The average molecular weight is 251 g/mol. The van der Waals surface area contributed by atoms with Gasteiger partial charge in [-0.15, -0.1) is 11.3 Å². The Hall–Kier alpha value is -1.56. The Bertz CT molecular complexity index is 462.